The highest BCUT2D eigenvalue weighted by molar-refractivity contribution is 9.10. The lowest BCUT2D eigenvalue weighted by molar-refractivity contribution is 0.518. The number of nitrogens with zero attached hydrogens (tertiary/aromatic N) is 2. The van der Waals surface area contributed by atoms with Gasteiger partial charge in [-0.3, -0.25) is 0 Å². The molecule has 19 heavy (non-hydrogen) atoms. The van der Waals surface area contributed by atoms with E-state index < -0.39 is 0 Å². The van der Waals surface area contributed by atoms with E-state index in [1.165, 1.54) is 0 Å². The summed E-state index contributed by atoms with van der Waals surface area (Å²) < 4.78 is 7.62. The Morgan fingerprint density at radius 2 is 2.21 bits per heavy atom. The molecule has 0 aliphatic rings. The van der Waals surface area contributed by atoms with Crippen LogP contribution in [0.5, 0.6) is 0 Å². The number of aromatic nitrogens is 2. The first-order valence-electron chi connectivity index (χ1n) is 5.44. The number of anilines is 1. The fourth-order valence-corrected chi connectivity index (χ4v) is 2.54. The van der Waals surface area contributed by atoms with E-state index in [2.05, 4.69) is 26.3 Å². The Morgan fingerprint density at radius 1 is 1.37 bits per heavy atom. The van der Waals surface area contributed by atoms with Crippen LogP contribution in [0.1, 0.15) is 5.76 Å². The molecule has 0 spiro atoms. The topological polar surface area (TPSA) is 42.5 Å². The number of nitrogens with one attached hydrogen (secondary N) is 1. The largest absolute Gasteiger partial charge is 0.467 e. The van der Waals surface area contributed by atoms with Crippen molar-refractivity contribution in [1.82, 2.24) is 9.61 Å². The summed E-state index contributed by atoms with van der Waals surface area (Å²) in [5, 5.41) is 8.26. The molecule has 3 rings (SSSR count). The summed E-state index contributed by atoms with van der Waals surface area (Å²) in [5.41, 5.74) is 1.68. The van der Waals surface area contributed by atoms with Gasteiger partial charge in [0.1, 0.15) is 10.9 Å². The standard InChI is InChI=1S/C12H8BrCl2N3O/c13-8-4-10-9(16-6-7-2-1-3-19-7)5-11(14)17-18(10)12(8)15/h1-5,16H,6H2. The van der Waals surface area contributed by atoms with Crippen LogP contribution in [0, 0.1) is 0 Å². The van der Waals surface area contributed by atoms with Crippen molar-refractivity contribution in [2.75, 3.05) is 5.32 Å². The molecular formula is C12H8BrCl2N3O. The number of hydrogen-bond donors (Lipinski definition) is 1. The van der Waals surface area contributed by atoms with E-state index in [1.807, 2.05) is 18.2 Å². The van der Waals surface area contributed by atoms with E-state index in [-0.39, 0.29) is 0 Å². The lowest BCUT2D eigenvalue weighted by Crippen LogP contribution is -2.02. The predicted octanol–water partition coefficient (Wildman–Crippen LogP) is 4.61. The quantitative estimate of drug-likeness (QED) is 0.741. The van der Waals surface area contributed by atoms with Crippen molar-refractivity contribution in [3.63, 3.8) is 0 Å². The SMILES string of the molecule is Clc1cc(NCc2ccco2)c2cc(Br)c(Cl)n2n1. The Labute approximate surface area is 127 Å². The van der Waals surface area contributed by atoms with Gasteiger partial charge in [0.25, 0.3) is 0 Å². The molecule has 0 saturated carbocycles. The second-order valence-electron chi connectivity index (χ2n) is 3.89. The van der Waals surface area contributed by atoms with Gasteiger partial charge in [-0.15, -0.1) is 0 Å². The summed E-state index contributed by atoms with van der Waals surface area (Å²) in [6.45, 7) is 0.559. The van der Waals surface area contributed by atoms with Gasteiger partial charge in [-0.05, 0) is 34.1 Å². The average Bonchev–Trinajstić information content (AvgIpc) is 2.98. The minimum Gasteiger partial charge on any atom is -0.467 e. The van der Waals surface area contributed by atoms with Gasteiger partial charge in [0, 0.05) is 6.07 Å². The minimum atomic E-state index is 0.361. The van der Waals surface area contributed by atoms with Crippen LogP contribution in [-0.4, -0.2) is 9.61 Å². The second kappa shape index (κ2) is 5.07. The van der Waals surface area contributed by atoms with Gasteiger partial charge in [-0.1, -0.05) is 23.2 Å². The van der Waals surface area contributed by atoms with Crippen LogP contribution >= 0.6 is 39.1 Å². The number of rotatable bonds is 3. The molecule has 0 atom stereocenters. The molecule has 0 bridgehead atoms. The number of halogens is 3. The van der Waals surface area contributed by atoms with Crippen molar-refractivity contribution >= 4 is 50.3 Å². The molecule has 7 heteroatoms. The van der Waals surface area contributed by atoms with E-state index in [9.17, 15) is 0 Å². The van der Waals surface area contributed by atoms with Gasteiger partial charge in [0.15, 0.2) is 5.15 Å². The van der Waals surface area contributed by atoms with Crippen LogP contribution in [-0.2, 0) is 6.54 Å². The summed E-state index contributed by atoms with van der Waals surface area (Å²) in [6.07, 6.45) is 1.64. The molecule has 4 nitrogen and oxygen atoms in total. The molecule has 1 N–H and O–H groups in total. The first kappa shape index (κ1) is 12.8. The Kier molecular flexibility index (Phi) is 3.43. The number of fused-ring (bicyclic) bond motifs is 1. The fourth-order valence-electron chi connectivity index (χ4n) is 1.79. The maximum atomic E-state index is 6.13. The highest BCUT2D eigenvalue weighted by atomic mass is 79.9. The van der Waals surface area contributed by atoms with Crippen molar-refractivity contribution in [2.24, 2.45) is 0 Å². The van der Waals surface area contributed by atoms with E-state index in [1.54, 1.807) is 16.8 Å². The molecule has 0 amide bonds. The number of hydrogen-bond acceptors (Lipinski definition) is 3. The summed E-state index contributed by atoms with van der Waals surface area (Å²) in [4.78, 5) is 0. The Balaban J connectivity index is 2.00. The van der Waals surface area contributed by atoms with E-state index in [4.69, 9.17) is 27.6 Å². The monoisotopic (exact) mass is 359 g/mol. The molecule has 0 fully saturated rings. The third-order valence-electron chi connectivity index (χ3n) is 2.64. The molecule has 3 heterocycles. The fraction of sp³-hybridized carbons (Fsp3) is 0.0833. The molecule has 3 aromatic rings. The van der Waals surface area contributed by atoms with Crippen molar-refractivity contribution < 1.29 is 4.42 Å². The van der Waals surface area contributed by atoms with Crippen molar-refractivity contribution in [2.45, 2.75) is 6.54 Å². The zero-order valence-corrected chi connectivity index (χ0v) is 12.6. The van der Waals surface area contributed by atoms with Gasteiger partial charge < -0.3 is 9.73 Å². The maximum Gasteiger partial charge on any atom is 0.152 e. The summed E-state index contributed by atoms with van der Waals surface area (Å²) in [5.74, 6) is 0.836. The van der Waals surface area contributed by atoms with Gasteiger partial charge in [-0.25, -0.2) is 4.52 Å². The predicted molar refractivity (Wildman–Crippen MR) is 78.9 cm³/mol. The second-order valence-corrected chi connectivity index (χ2v) is 5.49. The van der Waals surface area contributed by atoms with Crippen LogP contribution < -0.4 is 5.32 Å². The molecular weight excluding hydrogens is 353 g/mol. The molecule has 0 radical (unpaired) electrons. The van der Waals surface area contributed by atoms with Gasteiger partial charge >= 0.3 is 0 Å². The molecule has 0 aliphatic heterocycles. The Morgan fingerprint density at radius 3 is 2.95 bits per heavy atom. The molecule has 0 aromatic carbocycles. The first-order valence-corrected chi connectivity index (χ1v) is 6.99. The van der Waals surface area contributed by atoms with E-state index in [0.717, 1.165) is 21.4 Å². The van der Waals surface area contributed by atoms with Crippen LogP contribution in [0.15, 0.2) is 39.4 Å². The minimum absolute atomic E-state index is 0.361. The molecule has 98 valence electrons. The third kappa shape index (κ3) is 2.45. The van der Waals surface area contributed by atoms with Gasteiger partial charge in [0.2, 0.25) is 0 Å². The average molecular weight is 361 g/mol. The van der Waals surface area contributed by atoms with Gasteiger partial charge in [0.05, 0.1) is 28.5 Å². The molecule has 0 unspecified atom stereocenters. The Hall–Kier alpha value is -1.17. The normalized spacial score (nSPS) is 11.1. The van der Waals surface area contributed by atoms with Crippen LogP contribution in [0.2, 0.25) is 10.3 Å². The highest BCUT2D eigenvalue weighted by Gasteiger charge is 2.12. The lowest BCUT2D eigenvalue weighted by atomic mass is 10.3. The zero-order chi connectivity index (χ0) is 13.4. The highest BCUT2D eigenvalue weighted by Crippen LogP contribution is 2.31. The van der Waals surface area contributed by atoms with Crippen molar-refractivity contribution in [1.29, 1.82) is 0 Å². The molecule has 3 aromatic heterocycles. The third-order valence-corrected chi connectivity index (χ3v) is 4.02. The maximum absolute atomic E-state index is 6.13. The van der Waals surface area contributed by atoms with Crippen LogP contribution in [0.3, 0.4) is 0 Å². The molecule has 0 saturated heterocycles. The lowest BCUT2D eigenvalue weighted by Gasteiger charge is -2.07. The number of furan rings is 1. The zero-order valence-electron chi connectivity index (χ0n) is 9.53. The summed E-state index contributed by atoms with van der Waals surface area (Å²) in [6, 6.07) is 7.38. The van der Waals surface area contributed by atoms with E-state index >= 15 is 0 Å². The first-order chi connectivity index (χ1) is 9.15. The smallest absolute Gasteiger partial charge is 0.152 e. The van der Waals surface area contributed by atoms with Crippen molar-refractivity contribution in [3.05, 3.63) is 51.1 Å². The summed E-state index contributed by atoms with van der Waals surface area (Å²) in [7, 11) is 0. The summed E-state index contributed by atoms with van der Waals surface area (Å²) >= 11 is 15.5. The van der Waals surface area contributed by atoms with E-state index in [0.29, 0.717) is 16.9 Å². The molecule has 0 aliphatic carbocycles. The van der Waals surface area contributed by atoms with Crippen molar-refractivity contribution in [3.8, 4) is 0 Å². The van der Waals surface area contributed by atoms with Crippen LogP contribution in [0.4, 0.5) is 5.69 Å². The Bertz CT molecular complexity index is 724. The van der Waals surface area contributed by atoms with Gasteiger partial charge in [-0.2, -0.15) is 5.10 Å². The van der Waals surface area contributed by atoms with Crippen LogP contribution in [0.25, 0.3) is 5.52 Å².